The zero-order valence-electron chi connectivity index (χ0n) is 22.6. The molecule has 0 aromatic heterocycles. The Kier molecular flexibility index (Phi) is 9.02. The van der Waals surface area contributed by atoms with Crippen LogP contribution >= 0.6 is 17.4 Å². The van der Waals surface area contributed by atoms with Gasteiger partial charge in [-0.3, -0.25) is 0 Å². The van der Waals surface area contributed by atoms with Gasteiger partial charge in [-0.15, -0.1) is 8.39 Å². The van der Waals surface area contributed by atoms with Crippen molar-refractivity contribution in [3.05, 3.63) is 93.5 Å². The fourth-order valence-electron chi connectivity index (χ4n) is 4.67. The maximum absolute atomic E-state index is 14.1. The van der Waals surface area contributed by atoms with Crippen molar-refractivity contribution < 1.29 is 27.2 Å². The summed E-state index contributed by atoms with van der Waals surface area (Å²) in [5, 5.41) is 0. The average Bonchev–Trinajstić information content (AvgIpc) is 2.75. The molecular weight excluding hydrogens is 512 g/mol. The van der Waals surface area contributed by atoms with Crippen LogP contribution in [0.3, 0.4) is 0 Å². The third-order valence-electron chi connectivity index (χ3n) is 6.23. The standard InChI is InChI=1S/C29H36F2O4P2/c1-18-14-21(26(34-36(30)32)23(16-18)28(3,4)5)25(20-12-10-9-11-13-20)22-15-19(2)17-24(29(6,7)8)27(22)35-37(31)33/h9-17,25,32-33H,1-8H3. The van der Waals surface area contributed by atoms with Crippen molar-refractivity contribution in [3.8, 4) is 11.5 Å². The van der Waals surface area contributed by atoms with Crippen LogP contribution in [0.2, 0.25) is 0 Å². The van der Waals surface area contributed by atoms with E-state index in [1.54, 1.807) is 0 Å². The molecule has 0 saturated heterocycles. The van der Waals surface area contributed by atoms with Crippen LogP contribution in [-0.2, 0) is 10.8 Å². The molecule has 3 aromatic carbocycles. The zero-order valence-corrected chi connectivity index (χ0v) is 24.4. The van der Waals surface area contributed by atoms with E-state index in [-0.39, 0.29) is 11.5 Å². The number of benzene rings is 3. The molecule has 2 N–H and O–H groups in total. The Morgan fingerprint density at radius 2 is 1.05 bits per heavy atom. The van der Waals surface area contributed by atoms with Crippen molar-refractivity contribution in [2.45, 2.75) is 72.1 Å². The number of hydrogen-bond donors (Lipinski definition) is 2. The summed E-state index contributed by atoms with van der Waals surface area (Å²) < 4.78 is 39.3. The topological polar surface area (TPSA) is 58.9 Å². The molecule has 3 rings (SSSR count). The first-order chi connectivity index (χ1) is 17.1. The minimum atomic E-state index is -3.21. The SMILES string of the molecule is Cc1cc(C(c2ccccc2)c2cc(C)cc(C(C)(C)C)c2OP(O)F)c(OP(O)F)c(C(C)(C)C)c1. The molecule has 0 bridgehead atoms. The van der Waals surface area contributed by atoms with Gasteiger partial charge >= 0.3 is 17.4 Å². The van der Waals surface area contributed by atoms with Gasteiger partial charge in [0, 0.05) is 28.2 Å². The highest BCUT2D eigenvalue weighted by atomic mass is 31.2. The predicted octanol–water partition coefficient (Wildman–Crippen LogP) is 9.21. The first-order valence-electron chi connectivity index (χ1n) is 12.1. The van der Waals surface area contributed by atoms with E-state index in [1.165, 1.54) is 0 Å². The Hall–Kier alpha value is -2.10. The van der Waals surface area contributed by atoms with E-state index in [0.29, 0.717) is 11.1 Å². The van der Waals surface area contributed by atoms with Crippen LogP contribution in [0.15, 0.2) is 54.6 Å². The second-order valence-corrected chi connectivity index (χ2v) is 12.7. The van der Waals surface area contributed by atoms with E-state index in [4.69, 9.17) is 9.05 Å². The van der Waals surface area contributed by atoms with E-state index < -0.39 is 34.1 Å². The van der Waals surface area contributed by atoms with Crippen molar-refractivity contribution in [1.29, 1.82) is 0 Å². The third-order valence-corrected chi connectivity index (χ3v) is 6.89. The van der Waals surface area contributed by atoms with E-state index in [1.807, 2.05) is 110 Å². The number of rotatable bonds is 7. The van der Waals surface area contributed by atoms with Gasteiger partial charge in [-0.1, -0.05) is 107 Å². The van der Waals surface area contributed by atoms with Gasteiger partial charge in [0.05, 0.1) is 0 Å². The largest absolute Gasteiger partial charge is 0.436 e. The second-order valence-electron chi connectivity index (χ2n) is 11.4. The van der Waals surface area contributed by atoms with Gasteiger partial charge in [-0.2, -0.15) is 0 Å². The highest BCUT2D eigenvalue weighted by molar-refractivity contribution is 7.40. The quantitative estimate of drug-likeness (QED) is 0.228. The summed E-state index contributed by atoms with van der Waals surface area (Å²) in [5.74, 6) is -0.0724. The summed E-state index contributed by atoms with van der Waals surface area (Å²) in [6.07, 6.45) is 0. The van der Waals surface area contributed by atoms with Crippen LogP contribution in [0, 0.1) is 13.8 Å². The fraction of sp³-hybridized carbons (Fsp3) is 0.379. The molecule has 0 spiro atoms. The molecule has 200 valence electrons. The Balaban J connectivity index is 2.52. The summed E-state index contributed by atoms with van der Waals surface area (Å²) in [7, 11) is -6.42. The molecule has 3 aromatic rings. The summed E-state index contributed by atoms with van der Waals surface area (Å²) in [4.78, 5) is 19.5. The first-order valence-corrected chi connectivity index (χ1v) is 14.3. The molecule has 4 nitrogen and oxygen atoms in total. The lowest BCUT2D eigenvalue weighted by Crippen LogP contribution is -2.18. The van der Waals surface area contributed by atoms with Gasteiger partial charge in [-0.25, -0.2) is 0 Å². The van der Waals surface area contributed by atoms with Crippen molar-refractivity contribution in [1.82, 2.24) is 0 Å². The molecule has 0 amide bonds. The van der Waals surface area contributed by atoms with Gasteiger partial charge in [0.2, 0.25) is 0 Å². The smallest absolute Gasteiger partial charge is 0.423 e. The Morgan fingerprint density at radius 1 is 0.676 bits per heavy atom. The van der Waals surface area contributed by atoms with Crippen LogP contribution in [0.25, 0.3) is 0 Å². The van der Waals surface area contributed by atoms with Crippen LogP contribution in [0.5, 0.6) is 11.5 Å². The second kappa shape index (κ2) is 11.3. The van der Waals surface area contributed by atoms with Gasteiger partial charge in [0.1, 0.15) is 11.5 Å². The minimum Gasteiger partial charge on any atom is -0.423 e. The van der Waals surface area contributed by atoms with E-state index in [2.05, 4.69) is 0 Å². The molecule has 0 aliphatic rings. The van der Waals surface area contributed by atoms with Crippen LogP contribution in [-0.4, -0.2) is 9.79 Å². The van der Waals surface area contributed by atoms with Gasteiger partial charge in [-0.05, 0) is 30.2 Å². The maximum Gasteiger partial charge on any atom is 0.436 e. The zero-order chi connectivity index (χ0) is 27.7. The van der Waals surface area contributed by atoms with Crippen molar-refractivity contribution in [2.75, 3.05) is 0 Å². The predicted molar refractivity (Wildman–Crippen MR) is 149 cm³/mol. The molecule has 0 fully saturated rings. The molecule has 2 unspecified atom stereocenters. The summed E-state index contributed by atoms with van der Waals surface area (Å²) in [6, 6.07) is 17.2. The first kappa shape index (κ1) is 29.5. The molecular formula is C29H36F2O4P2. The lowest BCUT2D eigenvalue weighted by atomic mass is 9.76. The summed E-state index contributed by atoms with van der Waals surface area (Å²) in [5.41, 5.74) is 4.56. The number of hydrogen-bond acceptors (Lipinski definition) is 4. The molecule has 0 aliphatic carbocycles. The third kappa shape index (κ3) is 7.06. The fourth-order valence-corrected chi connectivity index (χ4v) is 5.38. The molecule has 0 aliphatic heterocycles. The molecule has 2 atom stereocenters. The van der Waals surface area contributed by atoms with E-state index in [9.17, 15) is 18.2 Å². The number of aryl methyl sites for hydroxylation is 2. The van der Waals surface area contributed by atoms with Crippen LogP contribution in [0.1, 0.15) is 86.4 Å². The van der Waals surface area contributed by atoms with E-state index in [0.717, 1.165) is 27.8 Å². The average molecular weight is 549 g/mol. The lowest BCUT2D eigenvalue weighted by Gasteiger charge is -2.31. The Labute approximate surface area is 221 Å². The lowest BCUT2D eigenvalue weighted by molar-refractivity contribution is 0.417. The summed E-state index contributed by atoms with van der Waals surface area (Å²) >= 11 is 0. The van der Waals surface area contributed by atoms with Crippen molar-refractivity contribution >= 4 is 17.4 Å². The normalized spacial score (nSPS) is 14.7. The monoisotopic (exact) mass is 548 g/mol. The van der Waals surface area contributed by atoms with Crippen LogP contribution < -0.4 is 9.05 Å². The highest BCUT2D eigenvalue weighted by Crippen LogP contribution is 2.52. The molecule has 8 heteroatoms. The highest BCUT2D eigenvalue weighted by Gasteiger charge is 2.33. The summed E-state index contributed by atoms with van der Waals surface area (Å²) in [6.45, 7) is 15.9. The van der Waals surface area contributed by atoms with Crippen LogP contribution in [0.4, 0.5) is 8.39 Å². The number of halogens is 2. The van der Waals surface area contributed by atoms with Crippen molar-refractivity contribution in [2.24, 2.45) is 0 Å². The molecule has 37 heavy (non-hydrogen) atoms. The molecule has 0 saturated carbocycles. The molecule has 0 heterocycles. The van der Waals surface area contributed by atoms with Gasteiger partial charge < -0.3 is 18.8 Å². The Bertz CT molecular complexity index is 1160. The van der Waals surface area contributed by atoms with Crippen molar-refractivity contribution in [3.63, 3.8) is 0 Å². The molecule has 0 radical (unpaired) electrons. The van der Waals surface area contributed by atoms with E-state index >= 15 is 0 Å². The van der Waals surface area contributed by atoms with Gasteiger partial charge in [0.25, 0.3) is 0 Å². The minimum absolute atomic E-state index is 0.249. The maximum atomic E-state index is 14.1. The van der Waals surface area contributed by atoms with Gasteiger partial charge in [0.15, 0.2) is 0 Å². The Morgan fingerprint density at radius 3 is 1.38 bits per heavy atom.